The normalized spacial score (nSPS) is 11.8. The summed E-state index contributed by atoms with van der Waals surface area (Å²) in [7, 11) is 1.79. The molecule has 0 aliphatic heterocycles. The number of hydrogen-bond acceptors (Lipinski definition) is 3. The van der Waals surface area contributed by atoms with E-state index in [1.807, 2.05) is 23.0 Å². The third kappa shape index (κ3) is 4.57. The van der Waals surface area contributed by atoms with Gasteiger partial charge in [0.1, 0.15) is 0 Å². The lowest BCUT2D eigenvalue weighted by Crippen LogP contribution is -2.11. The zero-order chi connectivity index (χ0) is 17.1. The Hall–Kier alpha value is -1.50. The van der Waals surface area contributed by atoms with Gasteiger partial charge in [-0.3, -0.25) is 4.99 Å². The maximum absolute atomic E-state index is 4.70. The van der Waals surface area contributed by atoms with Crippen molar-refractivity contribution < 1.29 is 0 Å². The molecule has 0 aliphatic rings. The number of aromatic nitrogens is 1. The van der Waals surface area contributed by atoms with Crippen molar-refractivity contribution in [2.75, 3.05) is 7.05 Å². The van der Waals surface area contributed by atoms with Crippen LogP contribution in [0.2, 0.25) is 0 Å². The van der Waals surface area contributed by atoms with Gasteiger partial charge in [-0.05, 0) is 37.1 Å². The summed E-state index contributed by atoms with van der Waals surface area (Å²) in [5.74, 6) is 0. The summed E-state index contributed by atoms with van der Waals surface area (Å²) < 4.78 is 2.96. The van der Waals surface area contributed by atoms with Crippen LogP contribution in [0.3, 0.4) is 0 Å². The second kappa shape index (κ2) is 8.74. The van der Waals surface area contributed by atoms with Gasteiger partial charge in [0.05, 0.1) is 11.9 Å². The maximum atomic E-state index is 4.70. The first-order valence-electron chi connectivity index (χ1n) is 7.59. The van der Waals surface area contributed by atoms with Gasteiger partial charge in [-0.2, -0.15) is 5.10 Å². The first-order valence-corrected chi connectivity index (χ1v) is 9.26. The van der Waals surface area contributed by atoms with Crippen molar-refractivity contribution in [2.24, 2.45) is 10.1 Å². The van der Waals surface area contributed by atoms with E-state index in [2.05, 4.69) is 70.5 Å². The smallest absolute Gasteiger partial charge is 0.205 e. The summed E-state index contributed by atoms with van der Waals surface area (Å²) in [5, 5.41) is 6.79. The average molecular weight is 481 g/mol. The molecule has 2 aromatic carbocycles. The number of hydrogen-bond donors (Lipinski definition) is 0. The van der Waals surface area contributed by atoms with Crippen LogP contribution in [-0.4, -0.2) is 17.9 Å². The van der Waals surface area contributed by atoms with Gasteiger partial charge in [0.2, 0.25) is 4.80 Å². The standard InChI is InChI=1S/C19H18BrN3S.BrH/c1-13-4-5-14(2)16(10-13)11-22-23-18(12-24-19(23)21-3)15-6-8-17(20)9-7-15;/h4-12H,1-3H3;1H. The fourth-order valence-electron chi connectivity index (χ4n) is 2.40. The van der Waals surface area contributed by atoms with Crippen molar-refractivity contribution in [3.63, 3.8) is 0 Å². The molecule has 0 aliphatic carbocycles. The van der Waals surface area contributed by atoms with E-state index in [9.17, 15) is 0 Å². The quantitative estimate of drug-likeness (QED) is 0.437. The second-order valence-electron chi connectivity index (χ2n) is 5.55. The number of thiazole rings is 1. The first-order chi connectivity index (χ1) is 11.6. The molecule has 25 heavy (non-hydrogen) atoms. The molecule has 1 aromatic heterocycles. The van der Waals surface area contributed by atoms with Crippen molar-refractivity contribution in [3.8, 4) is 11.3 Å². The van der Waals surface area contributed by atoms with Crippen LogP contribution in [0.25, 0.3) is 11.3 Å². The summed E-state index contributed by atoms with van der Waals surface area (Å²) in [6.07, 6.45) is 1.91. The van der Waals surface area contributed by atoms with Gasteiger partial charge in [-0.25, -0.2) is 4.68 Å². The molecule has 3 nitrogen and oxygen atoms in total. The van der Waals surface area contributed by atoms with E-state index in [1.165, 1.54) is 11.1 Å². The van der Waals surface area contributed by atoms with Gasteiger partial charge in [0, 0.05) is 22.5 Å². The van der Waals surface area contributed by atoms with Crippen molar-refractivity contribution in [1.82, 2.24) is 4.68 Å². The van der Waals surface area contributed by atoms with Gasteiger partial charge in [-0.15, -0.1) is 28.3 Å². The molecule has 0 unspecified atom stereocenters. The Labute approximate surface area is 170 Å². The molecule has 0 atom stereocenters. The number of rotatable bonds is 3. The topological polar surface area (TPSA) is 29.6 Å². The van der Waals surface area contributed by atoms with Gasteiger partial charge in [-0.1, -0.05) is 51.8 Å². The number of benzene rings is 2. The van der Waals surface area contributed by atoms with Crippen LogP contribution in [-0.2, 0) is 0 Å². The summed E-state index contributed by atoms with van der Waals surface area (Å²) in [4.78, 5) is 5.21. The summed E-state index contributed by atoms with van der Waals surface area (Å²) in [6, 6.07) is 14.6. The van der Waals surface area contributed by atoms with Gasteiger partial charge < -0.3 is 0 Å². The van der Waals surface area contributed by atoms with E-state index in [1.54, 1.807) is 18.4 Å². The van der Waals surface area contributed by atoms with Crippen molar-refractivity contribution >= 4 is 50.5 Å². The lowest BCUT2D eigenvalue weighted by atomic mass is 10.1. The van der Waals surface area contributed by atoms with Crippen LogP contribution in [0.15, 0.2) is 62.4 Å². The molecule has 3 aromatic rings. The van der Waals surface area contributed by atoms with Crippen LogP contribution in [0, 0.1) is 13.8 Å². The Balaban J connectivity index is 0.00000225. The fourth-order valence-corrected chi connectivity index (χ4v) is 3.47. The highest BCUT2D eigenvalue weighted by molar-refractivity contribution is 9.10. The molecular weight excluding hydrogens is 462 g/mol. The Morgan fingerprint density at radius 2 is 1.80 bits per heavy atom. The van der Waals surface area contributed by atoms with Crippen LogP contribution >= 0.6 is 44.2 Å². The van der Waals surface area contributed by atoms with Gasteiger partial charge in [0.25, 0.3) is 0 Å². The molecule has 0 amide bonds. The van der Waals surface area contributed by atoms with E-state index < -0.39 is 0 Å². The third-order valence-electron chi connectivity index (χ3n) is 3.76. The van der Waals surface area contributed by atoms with Crippen LogP contribution in [0.1, 0.15) is 16.7 Å². The molecule has 1 heterocycles. The molecule has 3 rings (SSSR count). The van der Waals surface area contributed by atoms with Crippen LogP contribution < -0.4 is 4.80 Å². The van der Waals surface area contributed by atoms with Crippen LogP contribution in [0.4, 0.5) is 0 Å². The highest BCUT2D eigenvalue weighted by Crippen LogP contribution is 2.22. The van der Waals surface area contributed by atoms with Gasteiger partial charge >= 0.3 is 0 Å². The van der Waals surface area contributed by atoms with Crippen molar-refractivity contribution in [3.05, 3.63) is 73.8 Å². The maximum Gasteiger partial charge on any atom is 0.205 e. The fraction of sp³-hybridized carbons (Fsp3) is 0.158. The number of aryl methyl sites for hydroxylation is 2. The number of halogens is 2. The Morgan fingerprint density at radius 3 is 2.48 bits per heavy atom. The molecule has 0 saturated heterocycles. The monoisotopic (exact) mass is 479 g/mol. The zero-order valence-corrected chi connectivity index (χ0v) is 18.3. The molecule has 6 heteroatoms. The highest BCUT2D eigenvalue weighted by Gasteiger charge is 2.07. The molecule has 0 N–H and O–H groups in total. The van der Waals surface area contributed by atoms with E-state index in [0.29, 0.717) is 0 Å². The van der Waals surface area contributed by atoms with Crippen molar-refractivity contribution in [2.45, 2.75) is 13.8 Å². The van der Waals surface area contributed by atoms with Crippen LogP contribution in [0.5, 0.6) is 0 Å². The minimum Gasteiger partial charge on any atom is -0.261 e. The average Bonchev–Trinajstić information content (AvgIpc) is 2.99. The Kier molecular flexibility index (Phi) is 6.93. The van der Waals surface area contributed by atoms with E-state index in [4.69, 9.17) is 5.10 Å². The summed E-state index contributed by atoms with van der Waals surface area (Å²) >= 11 is 5.07. The predicted molar refractivity (Wildman–Crippen MR) is 116 cm³/mol. The predicted octanol–water partition coefficient (Wildman–Crippen LogP) is 5.59. The first kappa shape index (κ1) is 19.8. The molecule has 0 fully saturated rings. The lowest BCUT2D eigenvalue weighted by Gasteiger charge is -2.05. The second-order valence-corrected chi connectivity index (χ2v) is 7.30. The minimum absolute atomic E-state index is 0. The van der Waals surface area contributed by atoms with E-state index in [-0.39, 0.29) is 17.0 Å². The molecular formula is C19H19Br2N3S. The van der Waals surface area contributed by atoms with E-state index in [0.717, 1.165) is 26.1 Å². The molecule has 0 saturated carbocycles. The van der Waals surface area contributed by atoms with E-state index >= 15 is 0 Å². The van der Waals surface area contributed by atoms with Gasteiger partial charge in [0.15, 0.2) is 0 Å². The summed E-state index contributed by atoms with van der Waals surface area (Å²) in [6.45, 7) is 4.19. The number of nitrogens with zero attached hydrogens (tertiary/aromatic N) is 3. The molecule has 0 radical (unpaired) electrons. The molecule has 0 spiro atoms. The zero-order valence-electron chi connectivity index (χ0n) is 14.2. The molecule has 0 bridgehead atoms. The third-order valence-corrected chi connectivity index (χ3v) is 5.20. The minimum atomic E-state index is 0. The highest BCUT2D eigenvalue weighted by atomic mass is 79.9. The van der Waals surface area contributed by atoms with Crippen molar-refractivity contribution in [1.29, 1.82) is 0 Å². The Morgan fingerprint density at radius 1 is 1.08 bits per heavy atom. The largest absolute Gasteiger partial charge is 0.261 e. The summed E-state index contributed by atoms with van der Waals surface area (Å²) in [5.41, 5.74) is 5.71. The Bertz CT molecular complexity index is 954. The SMILES string of the molecule is Br.CN=c1scc(-c2ccc(Br)cc2)n1N=Cc1cc(C)ccc1C. The lowest BCUT2D eigenvalue weighted by molar-refractivity contribution is 0.848. The molecule has 130 valence electrons.